The van der Waals surface area contributed by atoms with Crippen molar-refractivity contribution in [3.8, 4) is 0 Å². The highest BCUT2D eigenvalue weighted by Gasteiger charge is 2.42. The third-order valence-electron chi connectivity index (χ3n) is 4.29. The van der Waals surface area contributed by atoms with Gasteiger partial charge in [-0.1, -0.05) is 37.5 Å². The number of esters is 1. The van der Waals surface area contributed by atoms with Gasteiger partial charge in [-0.3, -0.25) is 4.79 Å². The molecule has 1 amide bonds. The fourth-order valence-corrected chi connectivity index (χ4v) is 3.11. The van der Waals surface area contributed by atoms with Gasteiger partial charge in [-0.25, -0.2) is 4.79 Å². The molecule has 5 nitrogen and oxygen atoms in total. The van der Waals surface area contributed by atoms with Crippen LogP contribution in [0.1, 0.15) is 54.9 Å². The Morgan fingerprint density at radius 1 is 1.17 bits per heavy atom. The van der Waals surface area contributed by atoms with E-state index in [9.17, 15) is 9.59 Å². The Kier molecular flexibility index (Phi) is 6.16. The number of carbonyl (C=O) groups is 2. The van der Waals surface area contributed by atoms with Crippen molar-refractivity contribution in [2.75, 3.05) is 13.7 Å². The normalized spacial score (nSPS) is 16.6. The van der Waals surface area contributed by atoms with Crippen molar-refractivity contribution in [3.63, 3.8) is 0 Å². The van der Waals surface area contributed by atoms with E-state index in [2.05, 4.69) is 5.32 Å². The molecule has 23 heavy (non-hydrogen) atoms. The second-order valence-electron chi connectivity index (χ2n) is 5.91. The zero-order valence-electron chi connectivity index (χ0n) is 13.9. The largest absolute Gasteiger partial charge is 0.464 e. The third kappa shape index (κ3) is 4.10. The molecule has 1 aliphatic rings. The van der Waals surface area contributed by atoms with Gasteiger partial charge in [0.1, 0.15) is 5.54 Å². The number of hydrogen-bond donors (Lipinski definition) is 1. The second-order valence-corrected chi connectivity index (χ2v) is 5.91. The molecule has 0 atom stereocenters. The van der Waals surface area contributed by atoms with Gasteiger partial charge < -0.3 is 14.8 Å². The molecule has 1 N–H and O–H groups in total. The molecule has 0 saturated heterocycles. The molecule has 1 aromatic rings. The summed E-state index contributed by atoms with van der Waals surface area (Å²) in [5, 5.41) is 2.96. The summed E-state index contributed by atoms with van der Waals surface area (Å²) in [6.07, 6.45) is 4.17. The van der Waals surface area contributed by atoms with E-state index >= 15 is 0 Å². The summed E-state index contributed by atoms with van der Waals surface area (Å²) in [4.78, 5) is 25.2. The van der Waals surface area contributed by atoms with Gasteiger partial charge in [-0.15, -0.1) is 0 Å². The maximum absolute atomic E-state index is 12.7. The van der Waals surface area contributed by atoms with Crippen molar-refractivity contribution in [2.24, 2.45) is 0 Å². The molecule has 1 fully saturated rings. The van der Waals surface area contributed by atoms with Crippen molar-refractivity contribution in [3.05, 3.63) is 35.4 Å². The fourth-order valence-electron chi connectivity index (χ4n) is 3.11. The lowest BCUT2D eigenvalue weighted by molar-refractivity contribution is -0.152. The number of hydrogen-bond acceptors (Lipinski definition) is 4. The van der Waals surface area contributed by atoms with E-state index in [1.165, 1.54) is 0 Å². The molecule has 0 radical (unpaired) electrons. The maximum atomic E-state index is 12.7. The molecule has 1 aliphatic carbocycles. The van der Waals surface area contributed by atoms with Crippen LogP contribution in [0.4, 0.5) is 0 Å². The van der Waals surface area contributed by atoms with Gasteiger partial charge in [0.2, 0.25) is 0 Å². The molecule has 1 aromatic carbocycles. The Morgan fingerprint density at radius 2 is 1.87 bits per heavy atom. The van der Waals surface area contributed by atoms with Gasteiger partial charge in [0.15, 0.2) is 0 Å². The lowest BCUT2D eigenvalue weighted by Gasteiger charge is -2.35. The van der Waals surface area contributed by atoms with E-state index in [-0.39, 0.29) is 11.9 Å². The van der Waals surface area contributed by atoms with Gasteiger partial charge >= 0.3 is 5.97 Å². The minimum Gasteiger partial charge on any atom is -0.464 e. The first-order valence-corrected chi connectivity index (χ1v) is 8.19. The Bertz CT molecular complexity index is 550. The van der Waals surface area contributed by atoms with Crippen LogP contribution >= 0.6 is 0 Å². The summed E-state index contributed by atoms with van der Waals surface area (Å²) in [6, 6.07) is 7.29. The molecule has 1 saturated carbocycles. The first-order chi connectivity index (χ1) is 11.1. The Morgan fingerprint density at radius 3 is 2.52 bits per heavy atom. The van der Waals surface area contributed by atoms with Gasteiger partial charge in [-0.05, 0) is 31.4 Å². The Labute approximate surface area is 137 Å². The number of amides is 1. The predicted molar refractivity (Wildman–Crippen MR) is 87.1 cm³/mol. The minimum atomic E-state index is -0.897. The van der Waals surface area contributed by atoms with Gasteiger partial charge in [-0.2, -0.15) is 0 Å². The fraction of sp³-hybridized carbons (Fsp3) is 0.556. The number of rotatable bonds is 6. The van der Waals surface area contributed by atoms with Crippen molar-refractivity contribution < 1.29 is 19.1 Å². The molecular weight excluding hydrogens is 294 g/mol. The quantitative estimate of drug-likeness (QED) is 0.819. The topological polar surface area (TPSA) is 64.6 Å². The van der Waals surface area contributed by atoms with E-state index in [4.69, 9.17) is 9.47 Å². The van der Waals surface area contributed by atoms with Gasteiger partial charge in [0.25, 0.3) is 5.91 Å². The van der Waals surface area contributed by atoms with E-state index < -0.39 is 5.54 Å². The van der Waals surface area contributed by atoms with Crippen LogP contribution in [0, 0.1) is 0 Å². The standard InChI is InChI=1S/C18H25NO4/c1-3-23-17(21)18(11-7-4-8-12-18)19-16(20)15-10-6-5-9-14(15)13-22-2/h5-6,9-10H,3-4,7-8,11-13H2,1-2H3,(H,19,20). The van der Waals surface area contributed by atoms with Gasteiger partial charge in [0.05, 0.1) is 13.2 Å². The first kappa shape index (κ1) is 17.5. The molecule has 0 aromatic heterocycles. The van der Waals surface area contributed by atoms with Crippen LogP contribution in [-0.4, -0.2) is 31.1 Å². The summed E-state index contributed by atoms with van der Waals surface area (Å²) in [7, 11) is 1.59. The maximum Gasteiger partial charge on any atom is 0.331 e. The molecule has 2 rings (SSSR count). The number of ether oxygens (including phenoxy) is 2. The molecule has 126 valence electrons. The summed E-state index contributed by atoms with van der Waals surface area (Å²) in [5.74, 6) is -0.565. The zero-order chi connectivity index (χ0) is 16.7. The monoisotopic (exact) mass is 319 g/mol. The lowest BCUT2D eigenvalue weighted by atomic mass is 9.81. The Hall–Kier alpha value is -1.88. The molecule has 0 heterocycles. The van der Waals surface area contributed by atoms with Crippen LogP contribution in [0.15, 0.2) is 24.3 Å². The number of carbonyl (C=O) groups excluding carboxylic acids is 2. The highest BCUT2D eigenvalue weighted by atomic mass is 16.5. The van der Waals surface area contributed by atoms with Crippen molar-refractivity contribution >= 4 is 11.9 Å². The average molecular weight is 319 g/mol. The highest BCUT2D eigenvalue weighted by Crippen LogP contribution is 2.30. The first-order valence-electron chi connectivity index (χ1n) is 8.19. The van der Waals surface area contributed by atoms with Crippen LogP contribution in [0.3, 0.4) is 0 Å². The van der Waals surface area contributed by atoms with E-state index in [1.54, 1.807) is 20.1 Å². The van der Waals surface area contributed by atoms with Crippen LogP contribution in [-0.2, 0) is 20.9 Å². The number of nitrogens with one attached hydrogen (secondary N) is 1. The zero-order valence-corrected chi connectivity index (χ0v) is 13.9. The predicted octanol–water partition coefficient (Wildman–Crippen LogP) is 2.83. The van der Waals surface area contributed by atoms with E-state index in [1.807, 2.05) is 18.2 Å². The van der Waals surface area contributed by atoms with Crippen LogP contribution in [0.25, 0.3) is 0 Å². The van der Waals surface area contributed by atoms with Crippen molar-refractivity contribution in [1.82, 2.24) is 5.32 Å². The van der Waals surface area contributed by atoms with Crippen molar-refractivity contribution in [1.29, 1.82) is 0 Å². The summed E-state index contributed by atoms with van der Waals surface area (Å²) in [6.45, 7) is 2.46. The van der Waals surface area contributed by atoms with Crippen molar-refractivity contribution in [2.45, 2.75) is 51.2 Å². The lowest BCUT2D eigenvalue weighted by Crippen LogP contribution is -2.56. The number of methoxy groups -OCH3 is 1. The Balaban J connectivity index is 2.22. The molecule has 0 spiro atoms. The molecule has 0 unspecified atom stereocenters. The van der Waals surface area contributed by atoms with E-state index in [0.29, 0.717) is 31.6 Å². The highest BCUT2D eigenvalue weighted by molar-refractivity contribution is 5.99. The summed E-state index contributed by atoms with van der Waals surface area (Å²) in [5.41, 5.74) is 0.455. The molecule has 5 heteroatoms. The van der Waals surface area contributed by atoms with Crippen LogP contribution < -0.4 is 5.32 Å². The molecule has 0 bridgehead atoms. The second kappa shape index (κ2) is 8.11. The van der Waals surface area contributed by atoms with Crippen LogP contribution in [0.5, 0.6) is 0 Å². The smallest absolute Gasteiger partial charge is 0.331 e. The van der Waals surface area contributed by atoms with Crippen LogP contribution in [0.2, 0.25) is 0 Å². The SMILES string of the molecule is CCOC(=O)C1(NC(=O)c2ccccc2COC)CCCCC1. The average Bonchev–Trinajstić information content (AvgIpc) is 2.56. The van der Waals surface area contributed by atoms with E-state index in [0.717, 1.165) is 24.8 Å². The molecular formula is C18H25NO4. The third-order valence-corrected chi connectivity index (χ3v) is 4.29. The summed E-state index contributed by atoms with van der Waals surface area (Å²) >= 11 is 0. The number of benzene rings is 1. The minimum absolute atomic E-state index is 0.243. The molecule has 0 aliphatic heterocycles. The van der Waals surface area contributed by atoms with Gasteiger partial charge in [0, 0.05) is 12.7 Å². The summed E-state index contributed by atoms with van der Waals surface area (Å²) < 4.78 is 10.4.